The van der Waals surface area contributed by atoms with E-state index in [2.05, 4.69) is 0 Å². The maximum atomic E-state index is 13.8. The molecule has 1 aromatic carbocycles. The van der Waals surface area contributed by atoms with E-state index in [0.717, 1.165) is 12.0 Å². The van der Waals surface area contributed by atoms with Gasteiger partial charge in [-0.2, -0.15) is 8.78 Å². The van der Waals surface area contributed by atoms with Gasteiger partial charge in [0.15, 0.2) is 11.5 Å². The van der Waals surface area contributed by atoms with E-state index >= 15 is 0 Å². The molecule has 0 fully saturated rings. The molecule has 0 radical (unpaired) electrons. The zero-order chi connectivity index (χ0) is 14.5. The first-order chi connectivity index (χ1) is 9.61. The predicted octanol–water partition coefficient (Wildman–Crippen LogP) is 3.48. The highest BCUT2D eigenvalue weighted by atomic mass is 19.2. The van der Waals surface area contributed by atoms with Gasteiger partial charge in [-0.15, -0.1) is 0 Å². The molecule has 0 saturated heterocycles. The van der Waals surface area contributed by atoms with E-state index in [0.29, 0.717) is 6.61 Å². The van der Waals surface area contributed by atoms with Gasteiger partial charge in [0, 0.05) is 0 Å². The Labute approximate surface area is 117 Å². The number of hydrogen-bond donors (Lipinski definition) is 0. The van der Waals surface area contributed by atoms with Crippen molar-refractivity contribution in [1.82, 2.24) is 0 Å². The van der Waals surface area contributed by atoms with Gasteiger partial charge in [-0.05, 0) is 38.0 Å². The van der Waals surface area contributed by atoms with Crippen molar-refractivity contribution in [2.75, 3.05) is 19.8 Å². The summed E-state index contributed by atoms with van der Waals surface area (Å²) in [6.45, 7) is 4.62. The molecule has 0 aliphatic carbocycles. The molecule has 1 atom stereocenters. The normalized spacial score (nSPS) is 18.6. The van der Waals surface area contributed by atoms with Gasteiger partial charge in [0.25, 0.3) is 0 Å². The average Bonchev–Trinajstić information content (AvgIpc) is 2.45. The molecular weight excluding hydrogens is 266 g/mol. The summed E-state index contributed by atoms with van der Waals surface area (Å²) in [5.74, 6) is -2.27. The molecule has 110 valence electrons. The number of ether oxygens (including phenoxy) is 3. The minimum absolute atomic E-state index is 0.105. The second-order valence-corrected chi connectivity index (χ2v) is 4.63. The predicted molar refractivity (Wildman–Crippen MR) is 71.1 cm³/mol. The van der Waals surface area contributed by atoms with E-state index in [1.165, 1.54) is 12.1 Å². The maximum absolute atomic E-state index is 13.8. The lowest BCUT2D eigenvalue weighted by Crippen LogP contribution is -2.18. The van der Waals surface area contributed by atoms with Gasteiger partial charge in [-0.1, -0.05) is 6.08 Å². The largest absolute Gasteiger partial charge is 0.491 e. The first-order valence-corrected chi connectivity index (χ1v) is 6.65. The van der Waals surface area contributed by atoms with Crippen molar-refractivity contribution in [2.45, 2.75) is 26.4 Å². The summed E-state index contributed by atoms with van der Waals surface area (Å²) in [6.07, 6.45) is 3.01. The van der Waals surface area contributed by atoms with E-state index in [9.17, 15) is 8.78 Å². The third-order valence-corrected chi connectivity index (χ3v) is 3.02. The highest BCUT2D eigenvalue weighted by Crippen LogP contribution is 2.28. The van der Waals surface area contributed by atoms with Gasteiger partial charge >= 0.3 is 0 Å². The molecular formula is C15H18F2O3. The van der Waals surface area contributed by atoms with Crippen LogP contribution in [0.25, 0.3) is 0 Å². The zero-order valence-corrected chi connectivity index (χ0v) is 11.6. The van der Waals surface area contributed by atoms with E-state index < -0.39 is 11.6 Å². The zero-order valence-electron chi connectivity index (χ0n) is 11.6. The van der Waals surface area contributed by atoms with Gasteiger partial charge < -0.3 is 14.2 Å². The van der Waals surface area contributed by atoms with Crippen molar-refractivity contribution in [3.8, 4) is 11.5 Å². The van der Waals surface area contributed by atoms with Crippen molar-refractivity contribution < 1.29 is 23.0 Å². The van der Waals surface area contributed by atoms with Crippen molar-refractivity contribution >= 4 is 0 Å². The Kier molecular flexibility index (Phi) is 4.95. The summed E-state index contributed by atoms with van der Waals surface area (Å²) in [4.78, 5) is 0. The Morgan fingerprint density at radius 2 is 1.85 bits per heavy atom. The van der Waals surface area contributed by atoms with Crippen LogP contribution in [0.3, 0.4) is 0 Å². The maximum Gasteiger partial charge on any atom is 0.204 e. The minimum Gasteiger partial charge on any atom is -0.491 e. The summed E-state index contributed by atoms with van der Waals surface area (Å²) in [6, 6.07) is 2.74. The van der Waals surface area contributed by atoms with Crippen LogP contribution in [0.2, 0.25) is 0 Å². The molecule has 20 heavy (non-hydrogen) atoms. The van der Waals surface area contributed by atoms with Crippen molar-refractivity contribution in [1.29, 1.82) is 0 Å². The number of halogens is 2. The molecule has 1 unspecified atom stereocenters. The third-order valence-electron chi connectivity index (χ3n) is 3.02. The number of hydrogen-bond acceptors (Lipinski definition) is 3. The fraction of sp³-hybridized carbons (Fsp3) is 0.467. The molecule has 1 heterocycles. The molecule has 1 aliphatic rings. The first-order valence-electron chi connectivity index (χ1n) is 6.65. The Morgan fingerprint density at radius 3 is 2.40 bits per heavy atom. The van der Waals surface area contributed by atoms with Gasteiger partial charge in [0.1, 0.15) is 6.61 Å². The van der Waals surface area contributed by atoms with Crippen molar-refractivity contribution in [2.24, 2.45) is 0 Å². The topological polar surface area (TPSA) is 27.7 Å². The average molecular weight is 284 g/mol. The molecule has 1 aliphatic heterocycles. The van der Waals surface area contributed by atoms with E-state index in [4.69, 9.17) is 14.2 Å². The van der Waals surface area contributed by atoms with Gasteiger partial charge in [0.2, 0.25) is 11.6 Å². The monoisotopic (exact) mass is 284 g/mol. The van der Waals surface area contributed by atoms with Crippen LogP contribution in [0, 0.1) is 11.6 Å². The molecule has 0 saturated carbocycles. The molecule has 0 amide bonds. The summed E-state index contributed by atoms with van der Waals surface area (Å²) in [5, 5.41) is 0. The molecule has 0 bridgehead atoms. The molecule has 5 heteroatoms. The first kappa shape index (κ1) is 14.8. The van der Waals surface area contributed by atoms with Crippen molar-refractivity contribution in [3.63, 3.8) is 0 Å². The van der Waals surface area contributed by atoms with Crippen LogP contribution in [0.5, 0.6) is 11.5 Å². The van der Waals surface area contributed by atoms with Crippen LogP contribution < -0.4 is 9.47 Å². The second kappa shape index (κ2) is 6.70. The standard InChI is InChI=1S/C15H18F2O3/c1-3-18-12-6-7-13(15(17)14(12)16)20-9-11-5-4-10(2)19-8-11/h5-7,10H,3-4,8-9H2,1-2H3. The lowest BCUT2D eigenvalue weighted by atomic mass is 10.1. The molecule has 3 nitrogen and oxygen atoms in total. The summed E-state index contributed by atoms with van der Waals surface area (Å²) in [5.41, 5.74) is 0.928. The number of benzene rings is 1. The molecule has 0 aromatic heterocycles. The lowest BCUT2D eigenvalue weighted by molar-refractivity contribution is 0.0703. The molecule has 0 spiro atoms. The van der Waals surface area contributed by atoms with Crippen LogP contribution in [0.4, 0.5) is 8.78 Å². The Balaban J connectivity index is 2.01. The number of rotatable bonds is 5. The third kappa shape index (κ3) is 3.48. The fourth-order valence-electron chi connectivity index (χ4n) is 1.87. The van der Waals surface area contributed by atoms with Crippen LogP contribution in [0.15, 0.2) is 23.8 Å². The Bertz CT molecular complexity index is 500. The van der Waals surface area contributed by atoms with Gasteiger partial charge in [-0.3, -0.25) is 0 Å². The van der Waals surface area contributed by atoms with Crippen LogP contribution >= 0.6 is 0 Å². The highest BCUT2D eigenvalue weighted by Gasteiger charge is 2.16. The van der Waals surface area contributed by atoms with E-state index in [1.54, 1.807) is 6.92 Å². The van der Waals surface area contributed by atoms with E-state index in [-0.39, 0.29) is 30.8 Å². The smallest absolute Gasteiger partial charge is 0.204 e. The second-order valence-electron chi connectivity index (χ2n) is 4.63. The fourth-order valence-corrected chi connectivity index (χ4v) is 1.87. The van der Waals surface area contributed by atoms with Crippen molar-refractivity contribution in [3.05, 3.63) is 35.4 Å². The van der Waals surface area contributed by atoms with Gasteiger partial charge in [-0.25, -0.2) is 0 Å². The Morgan fingerprint density at radius 1 is 1.20 bits per heavy atom. The highest BCUT2D eigenvalue weighted by molar-refractivity contribution is 5.35. The van der Waals surface area contributed by atoms with Crippen LogP contribution in [-0.4, -0.2) is 25.9 Å². The van der Waals surface area contributed by atoms with E-state index in [1.807, 2.05) is 13.0 Å². The molecule has 1 aromatic rings. The lowest BCUT2D eigenvalue weighted by Gasteiger charge is -2.20. The summed E-state index contributed by atoms with van der Waals surface area (Å²) >= 11 is 0. The molecule has 2 rings (SSSR count). The summed E-state index contributed by atoms with van der Waals surface area (Å²) in [7, 11) is 0. The summed E-state index contributed by atoms with van der Waals surface area (Å²) < 4.78 is 43.1. The van der Waals surface area contributed by atoms with Crippen LogP contribution in [0.1, 0.15) is 20.3 Å². The quantitative estimate of drug-likeness (QED) is 0.775. The van der Waals surface area contributed by atoms with Gasteiger partial charge in [0.05, 0.1) is 19.3 Å². The molecule has 0 N–H and O–H groups in total. The Hall–Kier alpha value is -1.62. The SMILES string of the molecule is CCOc1ccc(OCC2=CCC(C)OC2)c(F)c1F. The minimum atomic E-state index is -1.03. The van der Waals surface area contributed by atoms with Crippen LogP contribution in [-0.2, 0) is 4.74 Å².